The Morgan fingerprint density at radius 2 is 2.25 bits per heavy atom. The number of fused-ring (bicyclic) bond motifs is 1. The first-order valence-corrected chi connectivity index (χ1v) is 7.26. The predicted molar refractivity (Wildman–Crippen MR) is 79.2 cm³/mol. The Hall–Kier alpha value is -1.59. The zero-order chi connectivity index (χ0) is 13.8. The number of anilines is 1. The van der Waals surface area contributed by atoms with Crippen LogP contribution in [0.5, 0.6) is 0 Å². The predicted octanol–water partition coefficient (Wildman–Crippen LogP) is 2.19. The van der Waals surface area contributed by atoms with E-state index < -0.39 is 0 Å². The van der Waals surface area contributed by atoms with E-state index in [1.165, 1.54) is 0 Å². The highest BCUT2D eigenvalue weighted by atomic mass is 16.5. The molecule has 1 aromatic carbocycles. The van der Waals surface area contributed by atoms with Crippen LogP contribution >= 0.6 is 0 Å². The molecule has 0 bridgehead atoms. The minimum absolute atomic E-state index is 0.281. The van der Waals surface area contributed by atoms with Crippen LogP contribution in [-0.4, -0.2) is 49.0 Å². The molecule has 5 nitrogen and oxygen atoms in total. The number of hydrogen-bond donors (Lipinski definition) is 1. The number of ether oxygens (including phenoxy) is 2. The highest BCUT2D eigenvalue weighted by Crippen LogP contribution is 2.22. The van der Waals surface area contributed by atoms with Gasteiger partial charge in [-0.15, -0.1) is 0 Å². The van der Waals surface area contributed by atoms with Gasteiger partial charge in [-0.05, 0) is 25.5 Å². The molecule has 108 valence electrons. The fourth-order valence-corrected chi connectivity index (χ4v) is 2.56. The Morgan fingerprint density at radius 1 is 1.35 bits per heavy atom. The van der Waals surface area contributed by atoms with Gasteiger partial charge in [0.2, 0.25) is 5.95 Å². The van der Waals surface area contributed by atoms with Crippen LogP contribution in [0.2, 0.25) is 0 Å². The van der Waals surface area contributed by atoms with Crippen LogP contribution in [0, 0.1) is 0 Å². The molecule has 20 heavy (non-hydrogen) atoms. The molecule has 0 spiro atoms. The summed E-state index contributed by atoms with van der Waals surface area (Å²) in [6.07, 6.45) is 1.33. The van der Waals surface area contributed by atoms with E-state index in [2.05, 4.69) is 20.9 Å². The van der Waals surface area contributed by atoms with Gasteiger partial charge in [0.05, 0.1) is 30.4 Å². The van der Waals surface area contributed by atoms with Crippen molar-refractivity contribution in [3.05, 3.63) is 24.3 Å². The van der Waals surface area contributed by atoms with Crippen molar-refractivity contribution in [2.24, 2.45) is 0 Å². The molecule has 0 unspecified atom stereocenters. The fourth-order valence-electron chi connectivity index (χ4n) is 2.56. The molecule has 3 rings (SSSR count). The highest BCUT2D eigenvalue weighted by molar-refractivity contribution is 5.77. The van der Waals surface area contributed by atoms with Crippen LogP contribution < -0.4 is 4.90 Å². The van der Waals surface area contributed by atoms with Crippen LogP contribution in [0.25, 0.3) is 11.0 Å². The molecule has 1 N–H and O–H groups in total. The van der Waals surface area contributed by atoms with E-state index >= 15 is 0 Å². The van der Waals surface area contributed by atoms with Gasteiger partial charge < -0.3 is 19.4 Å². The van der Waals surface area contributed by atoms with Crippen molar-refractivity contribution in [2.45, 2.75) is 19.4 Å². The first-order valence-electron chi connectivity index (χ1n) is 7.26. The van der Waals surface area contributed by atoms with E-state index in [0.29, 0.717) is 13.2 Å². The van der Waals surface area contributed by atoms with Gasteiger partial charge in [-0.3, -0.25) is 0 Å². The van der Waals surface area contributed by atoms with E-state index in [0.717, 1.165) is 43.1 Å². The summed E-state index contributed by atoms with van der Waals surface area (Å²) in [6, 6.07) is 8.12. The number of nitrogens with one attached hydrogen (secondary N) is 1. The number of para-hydroxylation sites is 2. The fraction of sp³-hybridized carbons (Fsp3) is 0.533. The van der Waals surface area contributed by atoms with Gasteiger partial charge in [-0.25, -0.2) is 4.98 Å². The molecule has 2 aromatic rings. The van der Waals surface area contributed by atoms with Crippen molar-refractivity contribution >= 4 is 17.0 Å². The summed E-state index contributed by atoms with van der Waals surface area (Å²) >= 11 is 0. The molecule has 0 saturated carbocycles. The Labute approximate surface area is 118 Å². The largest absolute Gasteiger partial charge is 0.379 e. The third-order valence-corrected chi connectivity index (χ3v) is 3.61. The molecule has 1 saturated heterocycles. The molecule has 0 radical (unpaired) electrons. The molecule has 2 heterocycles. The lowest BCUT2D eigenvalue weighted by atomic mass is 10.3. The number of aromatic amines is 1. The average molecular weight is 275 g/mol. The Bertz CT molecular complexity index is 522. The lowest BCUT2D eigenvalue weighted by molar-refractivity contribution is 0.0169. The van der Waals surface area contributed by atoms with Crippen molar-refractivity contribution < 1.29 is 9.47 Å². The number of benzene rings is 1. The van der Waals surface area contributed by atoms with Crippen molar-refractivity contribution in [1.82, 2.24) is 9.97 Å². The average Bonchev–Trinajstić information content (AvgIpc) is 3.09. The summed E-state index contributed by atoms with van der Waals surface area (Å²) in [5.74, 6) is 0.946. The van der Waals surface area contributed by atoms with Crippen molar-refractivity contribution in [3.63, 3.8) is 0 Å². The van der Waals surface area contributed by atoms with Gasteiger partial charge in [0.15, 0.2) is 0 Å². The molecule has 0 amide bonds. The molecule has 1 aliphatic heterocycles. The maximum Gasteiger partial charge on any atom is 0.203 e. The summed E-state index contributed by atoms with van der Waals surface area (Å²) in [6.45, 7) is 5.98. The maximum absolute atomic E-state index is 5.82. The van der Waals surface area contributed by atoms with Crippen molar-refractivity contribution in [2.75, 3.05) is 37.8 Å². The number of rotatable bonds is 6. The van der Waals surface area contributed by atoms with Gasteiger partial charge in [0, 0.05) is 19.7 Å². The minimum atomic E-state index is 0.281. The van der Waals surface area contributed by atoms with Crippen LogP contribution in [-0.2, 0) is 9.47 Å². The molecular weight excluding hydrogens is 254 g/mol. The van der Waals surface area contributed by atoms with Gasteiger partial charge in [0.25, 0.3) is 0 Å². The van der Waals surface area contributed by atoms with Crippen LogP contribution in [0.15, 0.2) is 24.3 Å². The summed E-state index contributed by atoms with van der Waals surface area (Å²) < 4.78 is 11.1. The second kappa shape index (κ2) is 6.24. The van der Waals surface area contributed by atoms with E-state index in [4.69, 9.17) is 9.47 Å². The van der Waals surface area contributed by atoms with E-state index in [1.807, 2.05) is 25.1 Å². The smallest absolute Gasteiger partial charge is 0.203 e. The number of nitrogens with zero attached hydrogens (tertiary/aromatic N) is 2. The van der Waals surface area contributed by atoms with E-state index in [1.54, 1.807) is 0 Å². The molecule has 0 aliphatic carbocycles. The Kier molecular flexibility index (Phi) is 4.18. The zero-order valence-corrected chi connectivity index (χ0v) is 11.8. The van der Waals surface area contributed by atoms with Crippen molar-refractivity contribution in [1.29, 1.82) is 0 Å². The molecule has 1 atom stereocenters. The molecule has 1 fully saturated rings. The maximum atomic E-state index is 5.82. The Balaban J connectivity index is 1.56. The van der Waals surface area contributed by atoms with Crippen LogP contribution in [0.3, 0.4) is 0 Å². The van der Waals surface area contributed by atoms with E-state index in [9.17, 15) is 0 Å². The topological polar surface area (TPSA) is 50.4 Å². The van der Waals surface area contributed by atoms with Gasteiger partial charge in [-0.2, -0.15) is 0 Å². The van der Waals surface area contributed by atoms with Crippen LogP contribution in [0.4, 0.5) is 5.95 Å². The molecule has 1 aromatic heterocycles. The highest BCUT2D eigenvalue weighted by Gasteiger charge is 2.25. The first-order chi connectivity index (χ1) is 9.86. The minimum Gasteiger partial charge on any atom is -0.379 e. The standard InChI is InChI=1S/C15H21N3O2/c1-2-19-9-10-20-12-7-8-18(11-12)15-16-13-5-3-4-6-14(13)17-15/h3-6,12H,2,7-11H2,1H3,(H,16,17)/t12-/m0/s1. The monoisotopic (exact) mass is 275 g/mol. The molecule has 5 heteroatoms. The van der Waals surface area contributed by atoms with Gasteiger partial charge >= 0.3 is 0 Å². The third kappa shape index (κ3) is 2.94. The molecule has 1 aliphatic rings. The first kappa shape index (κ1) is 13.4. The summed E-state index contributed by atoms with van der Waals surface area (Å²) in [5, 5.41) is 0. The second-order valence-corrected chi connectivity index (χ2v) is 5.00. The lowest BCUT2D eigenvalue weighted by Crippen LogP contribution is -2.24. The summed E-state index contributed by atoms with van der Waals surface area (Å²) in [5.41, 5.74) is 2.10. The SMILES string of the molecule is CCOCCO[C@H]1CCN(c2nc3ccccc3[nH]2)C1. The zero-order valence-electron chi connectivity index (χ0n) is 11.8. The lowest BCUT2D eigenvalue weighted by Gasteiger charge is -2.15. The van der Waals surface area contributed by atoms with Gasteiger partial charge in [-0.1, -0.05) is 12.1 Å². The second-order valence-electron chi connectivity index (χ2n) is 5.00. The van der Waals surface area contributed by atoms with Crippen molar-refractivity contribution in [3.8, 4) is 0 Å². The number of hydrogen-bond acceptors (Lipinski definition) is 4. The molecular formula is C15H21N3O2. The quantitative estimate of drug-likeness (QED) is 0.821. The third-order valence-electron chi connectivity index (χ3n) is 3.61. The van der Waals surface area contributed by atoms with E-state index in [-0.39, 0.29) is 6.10 Å². The number of imidazole rings is 1. The Morgan fingerprint density at radius 3 is 3.10 bits per heavy atom. The summed E-state index contributed by atoms with van der Waals surface area (Å²) in [4.78, 5) is 10.3. The summed E-state index contributed by atoms with van der Waals surface area (Å²) in [7, 11) is 0. The van der Waals surface area contributed by atoms with Crippen LogP contribution in [0.1, 0.15) is 13.3 Å². The normalized spacial score (nSPS) is 19.1. The number of H-pyrrole nitrogens is 1. The number of aromatic nitrogens is 2. The van der Waals surface area contributed by atoms with Gasteiger partial charge in [0.1, 0.15) is 0 Å².